The standard InChI is InChI=1S/C15H16ClN3O/c1-3-4-10(2)18-15-13(9-17)19-14(20-15)11-5-7-12(16)8-6-11/h5-8,10,18H,3-4H2,1-2H3/t10-/m0/s1. The summed E-state index contributed by atoms with van der Waals surface area (Å²) in [4.78, 5) is 4.21. The Kier molecular flexibility index (Phi) is 4.65. The van der Waals surface area contributed by atoms with Gasteiger partial charge in [0.2, 0.25) is 17.5 Å². The molecule has 2 rings (SSSR count). The highest BCUT2D eigenvalue weighted by atomic mass is 35.5. The highest BCUT2D eigenvalue weighted by Crippen LogP contribution is 2.27. The Balaban J connectivity index is 2.27. The molecule has 0 bridgehead atoms. The number of benzene rings is 1. The molecule has 2 aromatic rings. The molecule has 0 aliphatic carbocycles. The summed E-state index contributed by atoms with van der Waals surface area (Å²) >= 11 is 5.85. The van der Waals surface area contributed by atoms with E-state index in [0.29, 0.717) is 16.8 Å². The van der Waals surface area contributed by atoms with Crippen LogP contribution >= 0.6 is 11.6 Å². The molecule has 0 amide bonds. The number of hydrogen-bond donors (Lipinski definition) is 1. The van der Waals surface area contributed by atoms with Crippen molar-refractivity contribution in [1.29, 1.82) is 5.26 Å². The molecule has 0 fully saturated rings. The molecule has 1 aromatic carbocycles. The zero-order chi connectivity index (χ0) is 14.5. The van der Waals surface area contributed by atoms with Crippen LogP contribution in [-0.4, -0.2) is 11.0 Å². The Labute approximate surface area is 123 Å². The first-order chi connectivity index (χ1) is 9.63. The Hall–Kier alpha value is -1.99. The van der Waals surface area contributed by atoms with Crippen LogP contribution in [0.5, 0.6) is 0 Å². The highest BCUT2D eigenvalue weighted by Gasteiger charge is 2.15. The molecule has 0 aliphatic rings. The van der Waals surface area contributed by atoms with E-state index in [1.165, 1.54) is 0 Å². The lowest BCUT2D eigenvalue weighted by Crippen LogP contribution is -2.14. The van der Waals surface area contributed by atoms with E-state index in [9.17, 15) is 0 Å². The van der Waals surface area contributed by atoms with Crippen molar-refractivity contribution in [3.05, 3.63) is 35.0 Å². The van der Waals surface area contributed by atoms with Gasteiger partial charge in [-0.15, -0.1) is 0 Å². The van der Waals surface area contributed by atoms with Crippen molar-refractivity contribution in [3.63, 3.8) is 0 Å². The molecule has 0 spiro atoms. The summed E-state index contributed by atoms with van der Waals surface area (Å²) in [7, 11) is 0. The fourth-order valence-corrected chi connectivity index (χ4v) is 2.06. The molecule has 0 radical (unpaired) electrons. The summed E-state index contributed by atoms with van der Waals surface area (Å²) in [6.07, 6.45) is 2.07. The summed E-state index contributed by atoms with van der Waals surface area (Å²) in [6, 6.07) is 9.44. The fourth-order valence-electron chi connectivity index (χ4n) is 1.94. The summed E-state index contributed by atoms with van der Waals surface area (Å²) in [6.45, 7) is 4.16. The first-order valence-electron chi connectivity index (χ1n) is 6.57. The van der Waals surface area contributed by atoms with Crippen LogP contribution in [0.15, 0.2) is 28.7 Å². The Morgan fingerprint density at radius 1 is 1.40 bits per heavy atom. The molecule has 0 saturated carbocycles. The summed E-state index contributed by atoms with van der Waals surface area (Å²) < 4.78 is 5.66. The minimum atomic E-state index is 0.234. The molecule has 0 aliphatic heterocycles. The van der Waals surface area contributed by atoms with Crippen LogP contribution in [0.3, 0.4) is 0 Å². The van der Waals surface area contributed by atoms with Gasteiger partial charge in [-0.25, -0.2) is 0 Å². The van der Waals surface area contributed by atoms with E-state index in [0.717, 1.165) is 18.4 Å². The summed E-state index contributed by atoms with van der Waals surface area (Å²) in [5.74, 6) is 0.850. The van der Waals surface area contributed by atoms with E-state index >= 15 is 0 Å². The maximum absolute atomic E-state index is 9.13. The Morgan fingerprint density at radius 3 is 2.70 bits per heavy atom. The zero-order valence-electron chi connectivity index (χ0n) is 11.5. The number of hydrogen-bond acceptors (Lipinski definition) is 4. The third-order valence-electron chi connectivity index (χ3n) is 2.92. The second-order valence-corrected chi connectivity index (χ2v) is 5.09. The van der Waals surface area contributed by atoms with Crippen molar-refractivity contribution in [2.24, 2.45) is 0 Å². The predicted molar refractivity (Wildman–Crippen MR) is 79.7 cm³/mol. The minimum absolute atomic E-state index is 0.234. The van der Waals surface area contributed by atoms with E-state index in [-0.39, 0.29) is 11.7 Å². The van der Waals surface area contributed by atoms with Gasteiger partial charge in [-0.2, -0.15) is 10.2 Å². The fraction of sp³-hybridized carbons (Fsp3) is 0.333. The van der Waals surface area contributed by atoms with Gasteiger partial charge in [0.05, 0.1) is 0 Å². The average Bonchev–Trinajstić information content (AvgIpc) is 2.82. The molecule has 5 heteroatoms. The quantitative estimate of drug-likeness (QED) is 0.882. The largest absolute Gasteiger partial charge is 0.419 e. The topological polar surface area (TPSA) is 61.9 Å². The number of nitrogens with zero attached hydrogens (tertiary/aromatic N) is 2. The number of halogens is 1. The van der Waals surface area contributed by atoms with Crippen LogP contribution < -0.4 is 5.32 Å². The molecule has 20 heavy (non-hydrogen) atoms. The van der Waals surface area contributed by atoms with Gasteiger partial charge in [-0.05, 0) is 37.6 Å². The molecular weight excluding hydrogens is 274 g/mol. The minimum Gasteiger partial charge on any atom is -0.419 e. The maximum atomic E-state index is 9.13. The van der Waals surface area contributed by atoms with Gasteiger partial charge in [-0.1, -0.05) is 24.9 Å². The van der Waals surface area contributed by atoms with E-state index < -0.39 is 0 Å². The van der Waals surface area contributed by atoms with Crippen LogP contribution in [-0.2, 0) is 0 Å². The smallest absolute Gasteiger partial charge is 0.232 e. The third-order valence-corrected chi connectivity index (χ3v) is 3.18. The van der Waals surface area contributed by atoms with Gasteiger partial charge in [0.15, 0.2) is 0 Å². The SMILES string of the molecule is CCC[C@H](C)Nc1oc(-c2ccc(Cl)cc2)nc1C#N. The van der Waals surface area contributed by atoms with E-state index in [1.807, 2.05) is 12.1 Å². The number of anilines is 1. The zero-order valence-corrected chi connectivity index (χ0v) is 12.2. The highest BCUT2D eigenvalue weighted by molar-refractivity contribution is 6.30. The van der Waals surface area contributed by atoms with Crippen molar-refractivity contribution in [2.45, 2.75) is 32.7 Å². The number of oxazole rings is 1. The molecule has 1 atom stereocenters. The van der Waals surface area contributed by atoms with Gasteiger partial charge in [0, 0.05) is 16.6 Å². The summed E-state index contributed by atoms with van der Waals surface area (Å²) in [5.41, 5.74) is 1.07. The van der Waals surface area contributed by atoms with Gasteiger partial charge < -0.3 is 9.73 Å². The van der Waals surface area contributed by atoms with Crippen LogP contribution in [0.2, 0.25) is 5.02 Å². The lowest BCUT2D eigenvalue weighted by molar-refractivity contribution is 0.567. The van der Waals surface area contributed by atoms with Crippen molar-refractivity contribution in [2.75, 3.05) is 5.32 Å². The molecule has 4 nitrogen and oxygen atoms in total. The van der Waals surface area contributed by atoms with Crippen molar-refractivity contribution in [3.8, 4) is 17.5 Å². The van der Waals surface area contributed by atoms with Gasteiger partial charge in [0.1, 0.15) is 6.07 Å². The second-order valence-electron chi connectivity index (χ2n) is 4.65. The lowest BCUT2D eigenvalue weighted by Gasteiger charge is -2.10. The first kappa shape index (κ1) is 14.4. The monoisotopic (exact) mass is 289 g/mol. The van der Waals surface area contributed by atoms with Crippen molar-refractivity contribution in [1.82, 2.24) is 4.98 Å². The molecule has 0 unspecified atom stereocenters. The molecule has 1 aromatic heterocycles. The lowest BCUT2D eigenvalue weighted by atomic mass is 10.2. The molecule has 1 N–H and O–H groups in total. The van der Waals surface area contributed by atoms with E-state index in [2.05, 4.69) is 30.2 Å². The number of rotatable bonds is 5. The number of nitrogens with one attached hydrogen (secondary N) is 1. The Bertz CT molecular complexity index is 613. The summed E-state index contributed by atoms with van der Waals surface area (Å²) in [5, 5.41) is 13.0. The third kappa shape index (κ3) is 3.31. The Morgan fingerprint density at radius 2 is 2.10 bits per heavy atom. The first-order valence-corrected chi connectivity index (χ1v) is 6.95. The normalized spacial score (nSPS) is 11.9. The maximum Gasteiger partial charge on any atom is 0.232 e. The van der Waals surface area contributed by atoms with E-state index in [1.54, 1.807) is 12.1 Å². The van der Waals surface area contributed by atoms with Crippen LogP contribution in [0.25, 0.3) is 11.5 Å². The van der Waals surface area contributed by atoms with Crippen LogP contribution in [0.1, 0.15) is 32.4 Å². The molecule has 1 heterocycles. The second kappa shape index (κ2) is 6.44. The average molecular weight is 290 g/mol. The number of nitriles is 1. The molecule has 104 valence electrons. The van der Waals surface area contributed by atoms with Crippen molar-refractivity contribution >= 4 is 17.5 Å². The molecule has 0 saturated heterocycles. The van der Waals surface area contributed by atoms with Crippen LogP contribution in [0.4, 0.5) is 5.88 Å². The van der Waals surface area contributed by atoms with Gasteiger partial charge in [0.25, 0.3) is 0 Å². The van der Waals surface area contributed by atoms with E-state index in [4.69, 9.17) is 21.3 Å². The predicted octanol–water partition coefficient (Wildman–Crippen LogP) is 4.47. The van der Waals surface area contributed by atoms with Gasteiger partial charge >= 0.3 is 0 Å². The van der Waals surface area contributed by atoms with Crippen LogP contribution in [0, 0.1) is 11.3 Å². The van der Waals surface area contributed by atoms with Gasteiger partial charge in [-0.3, -0.25) is 0 Å². The molecular formula is C15H16ClN3O. The number of aromatic nitrogens is 1. The van der Waals surface area contributed by atoms with Crippen molar-refractivity contribution < 1.29 is 4.42 Å².